The van der Waals surface area contributed by atoms with E-state index in [1.807, 2.05) is 0 Å². The fourth-order valence-electron chi connectivity index (χ4n) is 3.11. The van der Waals surface area contributed by atoms with Crippen molar-refractivity contribution in [1.82, 2.24) is 9.80 Å². The predicted octanol–water partition coefficient (Wildman–Crippen LogP) is -0.0220. The number of β-lactam (4-membered cyclic amide) rings is 1. The molecule has 1 unspecified atom stereocenters. The van der Waals surface area contributed by atoms with E-state index in [0.29, 0.717) is 4.91 Å². The molecule has 2 heterocycles. The second kappa shape index (κ2) is 9.67. The lowest BCUT2D eigenvalue weighted by atomic mass is 9.92. The zero-order chi connectivity index (χ0) is 22.7. The maximum absolute atomic E-state index is 12.8. The Morgan fingerprint density at radius 3 is 2.37 bits per heavy atom. The van der Waals surface area contributed by atoms with Gasteiger partial charge in [-0.25, -0.2) is 9.59 Å². The molecule has 0 aliphatic carbocycles. The molecule has 0 saturated carbocycles. The highest BCUT2D eigenvalue weighted by molar-refractivity contribution is 8.04. The van der Waals surface area contributed by atoms with Crippen LogP contribution in [0.1, 0.15) is 27.7 Å². The average Bonchev–Trinajstić information content (AvgIpc) is 2.86. The van der Waals surface area contributed by atoms with Crippen molar-refractivity contribution in [3.8, 4) is 0 Å². The Kier molecular flexibility index (Phi) is 7.72. The topological polar surface area (TPSA) is 149 Å². The molecule has 0 aromatic carbocycles. The summed E-state index contributed by atoms with van der Waals surface area (Å²) in [5, 5.41) is 9.42. The molecule has 168 valence electrons. The molecule has 1 fully saturated rings. The van der Waals surface area contributed by atoms with Gasteiger partial charge in [-0.3, -0.25) is 19.4 Å². The van der Waals surface area contributed by atoms with E-state index in [-0.39, 0.29) is 18.8 Å². The van der Waals surface area contributed by atoms with Gasteiger partial charge in [-0.15, -0.1) is 11.8 Å². The number of aliphatic hydroxyl groups excluding tert-OH is 1. The summed E-state index contributed by atoms with van der Waals surface area (Å²) in [6.45, 7) is 6.24. The van der Waals surface area contributed by atoms with Gasteiger partial charge in [-0.2, -0.15) is 0 Å². The van der Waals surface area contributed by atoms with Crippen LogP contribution in [-0.2, 0) is 28.6 Å². The fraction of sp³-hybridized carbons (Fsp3) is 0.667. The van der Waals surface area contributed by atoms with Crippen LogP contribution in [0.2, 0.25) is 0 Å². The van der Waals surface area contributed by atoms with E-state index in [1.165, 1.54) is 30.5 Å². The smallest absolute Gasteiger partial charge is 0.431 e. The first-order chi connectivity index (χ1) is 13.9. The van der Waals surface area contributed by atoms with Crippen LogP contribution in [0, 0.1) is 5.92 Å². The van der Waals surface area contributed by atoms with Crippen molar-refractivity contribution in [2.75, 3.05) is 20.1 Å². The summed E-state index contributed by atoms with van der Waals surface area (Å²) in [5.74, 6) is -2.48. The van der Waals surface area contributed by atoms with Gasteiger partial charge in [0.05, 0.1) is 24.7 Å². The molecular formula is C18H27N3O8S. The highest BCUT2D eigenvalue weighted by Gasteiger charge is 2.58. The van der Waals surface area contributed by atoms with Crippen LogP contribution in [0.15, 0.2) is 10.6 Å². The molecule has 12 heteroatoms. The Bertz CT molecular complexity index is 754. The molecule has 0 bridgehead atoms. The Balaban J connectivity index is 2.16. The Morgan fingerprint density at radius 1 is 1.20 bits per heavy atom. The van der Waals surface area contributed by atoms with E-state index < -0.39 is 53.7 Å². The van der Waals surface area contributed by atoms with Crippen LogP contribution in [0.4, 0.5) is 4.79 Å². The second-order valence-electron chi connectivity index (χ2n) is 7.40. The van der Waals surface area contributed by atoms with E-state index in [2.05, 4.69) is 0 Å². The van der Waals surface area contributed by atoms with Gasteiger partial charge in [0.25, 0.3) is 0 Å². The summed E-state index contributed by atoms with van der Waals surface area (Å²) < 4.78 is 14.9. The summed E-state index contributed by atoms with van der Waals surface area (Å²) in [6.07, 6.45) is -3.54. The zero-order valence-corrected chi connectivity index (χ0v) is 18.3. The van der Waals surface area contributed by atoms with Gasteiger partial charge < -0.3 is 25.1 Å². The van der Waals surface area contributed by atoms with Crippen LogP contribution in [-0.4, -0.2) is 82.9 Å². The van der Waals surface area contributed by atoms with E-state index in [9.17, 15) is 24.3 Å². The molecule has 2 rings (SSSR count). The standard InChI is InChI=1S/C18H27N3O8S/c1-8(2)27-18(26)29-10(4)28-17(25)14-11(6-20(5)7-12(19)23)30-16-13(9(3)22)15(24)21(14)16/h8-10,13,16,22H,6-7H2,1-5H3,(H2,19,23)/t9-,10?,13+,16-/m1/s1. The first-order valence-electron chi connectivity index (χ1n) is 9.38. The third kappa shape index (κ3) is 5.43. The number of ether oxygens (including phenoxy) is 3. The number of hydrogen-bond donors (Lipinski definition) is 2. The quantitative estimate of drug-likeness (QED) is 0.282. The van der Waals surface area contributed by atoms with Crippen LogP contribution >= 0.6 is 11.8 Å². The molecule has 2 aliphatic rings. The molecule has 30 heavy (non-hydrogen) atoms. The van der Waals surface area contributed by atoms with Crippen molar-refractivity contribution < 1.29 is 38.5 Å². The molecule has 2 amide bonds. The lowest BCUT2D eigenvalue weighted by molar-refractivity contribution is -0.171. The number of aliphatic hydroxyl groups is 1. The monoisotopic (exact) mass is 445 g/mol. The van der Waals surface area contributed by atoms with Crippen molar-refractivity contribution >= 4 is 35.7 Å². The number of esters is 1. The van der Waals surface area contributed by atoms with Gasteiger partial charge in [0.1, 0.15) is 11.1 Å². The van der Waals surface area contributed by atoms with E-state index in [0.717, 1.165) is 0 Å². The number of fused-ring (bicyclic) bond motifs is 1. The van der Waals surface area contributed by atoms with Crippen molar-refractivity contribution in [2.45, 2.75) is 51.6 Å². The van der Waals surface area contributed by atoms with Crippen LogP contribution in [0.25, 0.3) is 0 Å². The Morgan fingerprint density at radius 2 is 1.83 bits per heavy atom. The molecule has 0 spiro atoms. The molecule has 1 saturated heterocycles. The molecule has 2 aliphatic heterocycles. The number of carbonyl (C=O) groups excluding carboxylic acids is 4. The number of nitrogens with two attached hydrogens (primary N) is 1. The SMILES string of the molecule is CC(C)OC(=O)OC(C)OC(=O)C1=C(CN(C)CC(N)=O)S[C@@H]2[C@@H]([C@@H](C)O)C(=O)N12. The number of nitrogens with zero attached hydrogens (tertiary/aromatic N) is 2. The minimum absolute atomic E-state index is 0.00380. The summed E-state index contributed by atoms with van der Waals surface area (Å²) in [7, 11) is 1.64. The lowest BCUT2D eigenvalue weighted by Gasteiger charge is -2.43. The van der Waals surface area contributed by atoms with Crippen LogP contribution < -0.4 is 5.73 Å². The van der Waals surface area contributed by atoms with E-state index in [4.69, 9.17) is 19.9 Å². The minimum Gasteiger partial charge on any atom is -0.431 e. The number of primary amides is 1. The number of carbonyl (C=O) groups is 4. The number of rotatable bonds is 9. The predicted molar refractivity (Wildman–Crippen MR) is 105 cm³/mol. The highest BCUT2D eigenvalue weighted by Crippen LogP contribution is 2.50. The van der Waals surface area contributed by atoms with Crippen molar-refractivity contribution in [3.05, 3.63) is 10.6 Å². The largest absolute Gasteiger partial charge is 0.511 e. The summed E-state index contributed by atoms with van der Waals surface area (Å²) in [5.41, 5.74) is 5.20. The molecule has 4 atom stereocenters. The van der Waals surface area contributed by atoms with Crippen molar-refractivity contribution in [2.24, 2.45) is 11.7 Å². The third-order valence-electron chi connectivity index (χ3n) is 4.27. The molecular weight excluding hydrogens is 418 g/mol. The fourth-order valence-corrected chi connectivity index (χ4v) is 4.79. The van der Waals surface area contributed by atoms with Gasteiger partial charge in [0.2, 0.25) is 18.1 Å². The van der Waals surface area contributed by atoms with E-state index in [1.54, 1.807) is 25.8 Å². The molecule has 11 nitrogen and oxygen atoms in total. The molecule has 0 radical (unpaired) electrons. The highest BCUT2D eigenvalue weighted by atomic mass is 32.2. The number of likely N-dealkylation sites (N-methyl/N-ethyl adjacent to an activating group) is 1. The maximum Gasteiger partial charge on any atom is 0.511 e. The van der Waals surface area contributed by atoms with Crippen molar-refractivity contribution in [3.63, 3.8) is 0 Å². The number of hydrogen-bond acceptors (Lipinski definition) is 10. The van der Waals surface area contributed by atoms with Gasteiger partial charge in [-0.1, -0.05) is 0 Å². The Hall–Kier alpha value is -2.31. The first-order valence-corrected chi connectivity index (χ1v) is 10.3. The van der Waals surface area contributed by atoms with Crippen molar-refractivity contribution in [1.29, 1.82) is 0 Å². The van der Waals surface area contributed by atoms with Gasteiger partial charge in [-0.05, 0) is 27.8 Å². The Labute approximate surface area is 178 Å². The number of thioether (sulfide) groups is 1. The zero-order valence-electron chi connectivity index (χ0n) is 17.5. The third-order valence-corrected chi connectivity index (χ3v) is 5.62. The number of amides is 2. The van der Waals surface area contributed by atoms with E-state index >= 15 is 0 Å². The second-order valence-corrected chi connectivity index (χ2v) is 8.61. The minimum atomic E-state index is -1.26. The first kappa shape index (κ1) is 24.0. The summed E-state index contributed by atoms with van der Waals surface area (Å²) in [6, 6.07) is 0. The summed E-state index contributed by atoms with van der Waals surface area (Å²) in [4.78, 5) is 51.4. The maximum atomic E-state index is 12.8. The summed E-state index contributed by atoms with van der Waals surface area (Å²) >= 11 is 1.24. The normalized spacial score (nSPS) is 22.5. The average molecular weight is 445 g/mol. The molecule has 0 aromatic rings. The van der Waals surface area contributed by atoms with Gasteiger partial charge in [0.15, 0.2) is 0 Å². The van der Waals surface area contributed by atoms with Crippen LogP contribution in [0.5, 0.6) is 0 Å². The van der Waals surface area contributed by atoms with Gasteiger partial charge >= 0.3 is 12.1 Å². The lowest BCUT2D eigenvalue weighted by Crippen LogP contribution is -2.60. The van der Waals surface area contributed by atoms with Crippen LogP contribution in [0.3, 0.4) is 0 Å². The molecule has 3 N–H and O–H groups in total. The molecule has 0 aromatic heterocycles. The van der Waals surface area contributed by atoms with Gasteiger partial charge in [0, 0.05) is 18.4 Å².